The van der Waals surface area contributed by atoms with Crippen LogP contribution in [-0.2, 0) is 9.59 Å². The molecule has 5 rings (SSSR count). The minimum absolute atomic E-state index is 0.0336. The number of fused-ring (bicyclic) bond motifs is 1. The zero-order valence-corrected chi connectivity index (χ0v) is 19.3. The summed E-state index contributed by atoms with van der Waals surface area (Å²) >= 11 is 11.1. The summed E-state index contributed by atoms with van der Waals surface area (Å²) in [6, 6.07) is 18.2. The monoisotopic (exact) mass is 504 g/mol. The van der Waals surface area contributed by atoms with Crippen molar-refractivity contribution < 1.29 is 23.2 Å². The van der Waals surface area contributed by atoms with Crippen LogP contribution in [0.4, 0.5) is 10.1 Å². The molecule has 0 radical (unpaired) electrons. The van der Waals surface area contributed by atoms with Crippen LogP contribution in [0.3, 0.4) is 0 Å². The van der Waals surface area contributed by atoms with Crippen molar-refractivity contribution in [3.63, 3.8) is 0 Å². The van der Waals surface area contributed by atoms with E-state index >= 15 is 0 Å². The van der Waals surface area contributed by atoms with E-state index in [4.69, 9.17) is 28.2 Å². The summed E-state index contributed by atoms with van der Waals surface area (Å²) in [4.78, 5) is 39.6. The SMILES string of the molecule is O=C1NC(=S)N(c2ccc(Cl)cc2)C(=O)/C1=C/c1ccc2oc(C(=O)c3ccc(F)cc3)cc2c1. The van der Waals surface area contributed by atoms with Crippen LogP contribution in [0.25, 0.3) is 17.0 Å². The van der Waals surface area contributed by atoms with Gasteiger partial charge in [-0.15, -0.1) is 0 Å². The maximum Gasteiger partial charge on any atom is 0.270 e. The number of benzene rings is 3. The molecule has 1 saturated heterocycles. The van der Waals surface area contributed by atoms with Gasteiger partial charge in [-0.05, 0) is 90.6 Å². The van der Waals surface area contributed by atoms with Gasteiger partial charge in [-0.2, -0.15) is 0 Å². The molecule has 0 atom stereocenters. The second-order valence-electron chi connectivity index (χ2n) is 7.68. The fraction of sp³-hybridized carbons (Fsp3) is 0. The second-order valence-corrected chi connectivity index (χ2v) is 8.50. The number of amides is 2. The van der Waals surface area contributed by atoms with Crippen molar-refractivity contribution in [3.8, 4) is 0 Å². The van der Waals surface area contributed by atoms with Crippen molar-refractivity contribution in [3.05, 3.63) is 106 Å². The van der Waals surface area contributed by atoms with Crippen molar-refractivity contribution in [1.82, 2.24) is 5.32 Å². The van der Waals surface area contributed by atoms with Gasteiger partial charge in [-0.25, -0.2) is 4.39 Å². The Morgan fingerprint density at radius 3 is 2.43 bits per heavy atom. The first-order valence-electron chi connectivity index (χ1n) is 10.3. The summed E-state index contributed by atoms with van der Waals surface area (Å²) in [6.07, 6.45) is 1.44. The average Bonchev–Trinajstić information content (AvgIpc) is 3.26. The van der Waals surface area contributed by atoms with E-state index < -0.39 is 23.4 Å². The average molecular weight is 505 g/mol. The predicted octanol–water partition coefficient (Wildman–Crippen LogP) is 5.29. The van der Waals surface area contributed by atoms with Crippen LogP contribution in [0.15, 0.2) is 82.8 Å². The van der Waals surface area contributed by atoms with E-state index in [0.29, 0.717) is 27.2 Å². The fourth-order valence-corrected chi connectivity index (χ4v) is 4.06. The van der Waals surface area contributed by atoms with Gasteiger partial charge in [0, 0.05) is 16.0 Å². The molecule has 35 heavy (non-hydrogen) atoms. The Balaban J connectivity index is 1.47. The highest BCUT2D eigenvalue weighted by atomic mass is 35.5. The molecule has 9 heteroatoms. The Morgan fingerprint density at radius 1 is 1.00 bits per heavy atom. The number of carbonyl (C=O) groups excluding carboxylic acids is 3. The molecule has 1 aliphatic heterocycles. The first-order chi connectivity index (χ1) is 16.8. The lowest BCUT2D eigenvalue weighted by molar-refractivity contribution is -0.122. The molecule has 172 valence electrons. The first-order valence-corrected chi connectivity index (χ1v) is 11.1. The zero-order chi connectivity index (χ0) is 24.7. The molecule has 2 amide bonds. The van der Waals surface area contributed by atoms with Gasteiger partial charge < -0.3 is 4.42 Å². The number of halogens is 2. The molecule has 2 heterocycles. The molecular weight excluding hydrogens is 491 g/mol. The summed E-state index contributed by atoms with van der Waals surface area (Å²) in [5.41, 5.74) is 1.63. The van der Waals surface area contributed by atoms with Gasteiger partial charge in [-0.3, -0.25) is 24.6 Å². The van der Waals surface area contributed by atoms with E-state index in [-0.39, 0.29) is 22.0 Å². The van der Waals surface area contributed by atoms with E-state index in [0.717, 1.165) is 0 Å². The number of ketones is 1. The van der Waals surface area contributed by atoms with Gasteiger partial charge in [0.15, 0.2) is 10.9 Å². The molecule has 1 aromatic heterocycles. The van der Waals surface area contributed by atoms with Gasteiger partial charge in [0.2, 0.25) is 5.78 Å². The maximum absolute atomic E-state index is 13.2. The minimum atomic E-state index is -0.621. The molecule has 0 saturated carbocycles. The number of hydrogen-bond donors (Lipinski definition) is 1. The first kappa shape index (κ1) is 22.6. The summed E-state index contributed by atoms with van der Waals surface area (Å²) in [6.45, 7) is 0. The number of anilines is 1. The highest BCUT2D eigenvalue weighted by Crippen LogP contribution is 2.26. The number of carbonyl (C=O) groups is 3. The molecule has 0 spiro atoms. The summed E-state index contributed by atoms with van der Waals surface area (Å²) in [5.74, 6) is -1.96. The maximum atomic E-state index is 13.2. The second kappa shape index (κ2) is 8.90. The number of nitrogens with zero attached hydrogens (tertiary/aromatic N) is 1. The zero-order valence-electron chi connectivity index (χ0n) is 17.7. The van der Waals surface area contributed by atoms with Crippen molar-refractivity contribution in [2.75, 3.05) is 4.90 Å². The van der Waals surface area contributed by atoms with Crippen molar-refractivity contribution in [1.29, 1.82) is 0 Å². The standard InChI is InChI=1S/C26H14ClFN2O4S/c27-17-4-8-19(9-5-17)30-25(33)20(24(32)29-26(30)35)12-14-1-10-21-16(11-14)13-22(34-21)23(31)15-2-6-18(28)7-3-15/h1-13H,(H,29,32,35)/b20-12+. The molecule has 1 fully saturated rings. The van der Waals surface area contributed by atoms with Gasteiger partial charge in [0.25, 0.3) is 11.8 Å². The summed E-state index contributed by atoms with van der Waals surface area (Å²) < 4.78 is 18.8. The van der Waals surface area contributed by atoms with E-state index in [2.05, 4.69) is 5.32 Å². The molecule has 0 unspecified atom stereocenters. The quantitative estimate of drug-likeness (QED) is 0.177. The topological polar surface area (TPSA) is 79.6 Å². The van der Waals surface area contributed by atoms with E-state index in [1.807, 2.05) is 0 Å². The van der Waals surface area contributed by atoms with Gasteiger partial charge >= 0.3 is 0 Å². The minimum Gasteiger partial charge on any atom is -0.453 e. The van der Waals surface area contributed by atoms with Gasteiger partial charge in [-0.1, -0.05) is 17.7 Å². The Labute approximate surface area is 208 Å². The van der Waals surface area contributed by atoms with Gasteiger partial charge in [0.05, 0.1) is 5.69 Å². The number of rotatable bonds is 4. The molecule has 0 aliphatic carbocycles. The van der Waals surface area contributed by atoms with Crippen molar-refractivity contribution in [2.24, 2.45) is 0 Å². The van der Waals surface area contributed by atoms with Crippen LogP contribution in [0, 0.1) is 5.82 Å². The molecule has 1 aliphatic rings. The van der Waals surface area contributed by atoms with E-state index in [9.17, 15) is 18.8 Å². The molecule has 3 aromatic carbocycles. The van der Waals surface area contributed by atoms with Crippen LogP contribution in [0.1, 0.15) is 21.7 Å². The third kappa shape index (κ3) is 4.37. The van der Waals surface area contributed by atoms with Crippen molar-refractivity contribution >= 4 is 69.3 Å². The Morgan fingerprint density at radius 2 is 1.71 bits per heavy atom. The lowest BCUT2D eigenvalue weighted by Crippen LogP contribution is -2.54. The van der Waals surface area contributed by atoms with Gasteiger partial charge in [0.1, 0.15) is 17.0 Å². The highest BCUT2D eigenvalue weighted by molar-refractivity contribution is 7.80. The van der Waals surface area contributed by atoms with Crippen LogP contribution in [0.5, 0.6) is 0 Å². The third-order valence-electron chi connectivity index (χ3n) is 5.37. The van der Waals surface area contributed by atoms with E-state index in [1.165, 1.54) is 35.2 Å². The Bertz CT molecular complexity index is 1560. The van der Waals surface area contributed by atoms with Crippen LogP contribution in [-0.4, -0.2) is 22.7 Å². The Hall–Kier alpha value is -4.14. The van der Waals surface area contributed by atoms with Crippen LogP contribution >= 0.6 is 23.8 Å². The largest absolute Gasteiger partial charge is 0.453 e. The van der Waals surface area contributed by atoms with E-state index in [1.54, 1.807) is 48.5 Å². The summed E-state index contributed by atoms with van der Waals surface area (Å²) in [7, 11) is 0. The predicted molar refractivity (Wildman–Crippen MR) is 134 cm³/mol. The molecular formula is C26H14ClFN2O4S. The molecule has 1 N–H and O–H groups in total. The smallest absolute Gasteiger partial charge is 0.270 e. The lowest BCUT2D eigenvalue weighted by atomic mass is 10.1. The lowest BCUT2D eigenvalue weighted by Gasteiger charge is -2.28. The number of nitrogens with one attached hydrogen (secondary N) is 1. The number of thiocarbonyl (C=S) groups is 1. The van der Waals surface area contributed by atoms with Crippen molar-refractivity contribution in [2.45, 2.75) is 0 Å². The number of hydrogen-bond acceptors (Lipinski definition) is 5. The number of furan rings is 1. The van der Waals surface area contributed by atoms with Crippen LogP contribution in [0.2, 0.25) is 5.02 Å². The van der Waals surface area contributed by atoms with Crippen LogP contribution < -0.4 is 10.2 Å². The molecule has 4 aromatic rings. The Kier molecular flexibility index (Phi) is 5.76. The molecule has 0 bridgehead atoms. The molecule has 6 nitrogen and oxygen atoms in total. The summed E-state index contributed by atoms with van der Waals surface area (Å²) in [5, 5.41) is 3.59. The normalized spacial score (nSPS) is 15.1. The highest BCUT2D eigenvalue weighted by Gasteiger charge is 2.34. The fourth-order valence-electron chi connectivity index (χ4n) is 3.66. The third-order valence-corrected chi connectivity index (χ3v) is 5.90.